The molecule has 0 aliphatic carbocycles. The maximum Gasteiger partial charge on any atom is 0.407 e. The van der Waals surface area contributed by atoms with Gasteiger partial charge in [-0.05, 0) is 19.1 Å². The molecule has 0 radical (unpaired) electrons. The third kappa shape index (κ3) is 7.91. The number of carbonyl (C=O) groups is 2. The van der Waals surface area contributed by atoms with Gasteiger partial charge in [-0.15, -0.1) is 0 Å². The molecule has 0 saturated heterocycles. The fourth-order valence-corrected chi connectivity index (χ4v) is 1.45. The van der Waals surface area contributed by atoms with Crippen LogP contribution < -0.4 is 5.32 Å². The first-order valence-electron chi connectivity index (χ1n) is 4.77. The molecular formula is C9H17NO3S. The largest absolute Gasteiger partial charge is 0.450 e. The third-order valence-corrected chi connectivity index (χ3v) is 2.22. The van der Waals surface area contributed by atoms with E-state index in [9.17, 15) is 9.59 Å². The van der Waals surface area contributed by atoms with E-state index in [0.717, 1.165) is 5.75 Å². The maximum atomic E-state index is 11.0. The van der Waals surface area contributed by atoms with Crippen LogP contribution in [0.15, 0.2) is 0 Å². The Bertz CT molecular complexity index is 165. The van der Waals surface area contributed by atoms with Crippen molar-refractivity contribution >= 4 is 23.0 Å². The average molecular weight is 219 g/mol. The predicted molar refractivity (Wildman–Crippen MR) is 57.4 cm³/mol. The number of nitrogens with one attached hydrogen (secondary N) is 1. The number of ether oxygens (including phenoxy) is 1. The van der Waals surface area contributed by atoms with Crippen LogP contribution in [0, 0.1) is 0 Å². The second-order valence-corrected chi connectivity index (χ2v) is 3.88. The van der Waals surface area contributed by atoms with Crippen LogP contribution in [-0.4, -0.2) is 30.1 Å². The van der Waals surface area contributed by atoms with Gasteiger partial charge in [-0.3, -0.25) is 4.79 Å². The molecule has 1 N–H and O–H groups in total. The second kappa shape index (κ2) is 8.87. The molecule has 0 spiro atoms. The van der Waals surface area contributed by atoms with E-state index in [0.29, 0.717) is 26.0 Å². The van der Waals surface area contributed by atoms with Gasteiger partial charge in [0.25, 0.3) is 0 Å². The molecule has 0 saturated carbocycles. The normalized spacial score (nSPS) is 9.57. The minimum atomic E-state index is -0.414. The van der Waals surface area contributed by atoms with Crippen LogP contribution in [0.1, 0.15) is 26.7 Å². The average Bonchev–Trinajstić information content (AvgIpc) is 2.13. The molecular weight excluding hydrogens is 202 g/mol. The van der Waals surface area contributed by atoms with Crippen molar-refractivity contribution in [1.82, 2.24) is 5.32 Å². The van der Waals surface area contributed by atoms with Crippen LogP contribution in [0.5, 0.6) is 0 Å². The number of hydrogen-bond acceptors (Lipinski definition) is 4. The van der Waals surface area contributed by atoms with Gasteiger partial charge < -0.3 is 10.1 Å². The highest BCUT2D eigenvalue weighted by Gasteiger charge is 2.02. The molecule has 0 aliphatic rings. The molecule has 4 nitrogen and oxygen atoms in total. The van der Waals surface area contributed by atoms with Crippen molar-refractivity contribution in [3.8, 4) is 0 Å². The van der Waals surface area contributed by atoms with E-state index in [-0.39, 0.29) is 5.12 Å². The van der Waals surface area contributed by atoms with Crippen molar-refractivity contribution in [2.75, 3.05) is 18.9 Å². The molecule has 0 heterocycles. The van der Waals surface area contributed by atoms with Gasteiger partial charge in [0.1, 0.15) is 0 Å². The Morgan fingerprint density at radius 1 is 1.36 bits per heavy atom. The number of thioether (sulfide) groups is 1. The molecule has 0 unspecified atom stereocenters. The molecule has 5 heteroatoms. The minimum absolute atomic E-state index is 0.179. The van der Waals surface area contributed by atoms with Gasteiger partial charge in [0, 0.05) is 13.0 Å². The first kappa shape index (κ1) is 13.3. The van der Waals surface area contributed by atoms with Crippen LogP contribution in [0.4, 0.5) is 4.79 Å². The van der Waals surface area contributed by atoms with Gasteiger partial charge in [0.15, 0.2) is 5.12 Å². The lowest BCUT2D eigenvalue weighted by atomic mass is 10.3. The summed E-state index contributed by atoms with van der Waals surface area (Å²) in [6.07, 6.45) is 0.762. The predicted octanol–water partition coefficient (Wildman–Crippen LogP) is 1.79. The summed E-state index contributed by atoms with van der Waals surface area (Å²) in [4.78, 5) is 21.8. The molecule has 0 rings (SSSR count). The van der Waals surface area contributed by atoms with E-state index in [1.54, 1.807) is 6.92 Å². The number of hydrogen-bond donors (Lipinski definition) is 1. The molecule has 0 aromatic heterocycles. The van der Waals surface area contributed by atoms with Crippen LogP contribution in [0.3, 0.4) is 0 Å². The number of rotatable bonds is 6. The summed E-state index contributed by atoms with van der Waals surface area (Å²) in [6, 6.07) is 0. The first-order chi connectivity index (χ1) is 6.70. The van der Waals surface area contributed by atoms with Crippen LogP contribution in [-0.2, 0) is 9.53 Å². The number of carbonyl (C=O) groups excluding carboxylic acids is 2. The zero-order valence-electron chi connectivity index (χ0n) is 8.67. The lowest BCUT2D eigenvalue weighted by Gasteiger charge is -2.03. The standard InChI is InChI=1S/C9H17NO3S/c1-3-13-9(12)10-7-5-6-8(11)14-4-2/h3-7H2,1-2H3,(H,10,12). The number of alkyl carbamates (subject to hydrolysis) is 1. The summed E-state index contributed by atoms with van der Waals surface area (Å²) in [5.74, 6) is 0.810. The molecule has 0 aromatic rings. The Morgan fingerprint density at radius 3 is 2.64 bits per heavy atom. The van der Waals surface area contributed by atoms with Crippen LogP contribution >= 0.6 is 11.8 Å². The summed E-state index contributed by atoms with van der Waals surface area (Å²) in [5, 5.41) is 2.74. The van der Waals surface area contributed by atoms with Gasteiger partial charge >= 0.3 is 6.09 Å². The zero-order valence-corrected chi connectivity index (χ0v) is 9.49. The molecule has 0 aromatic carbocycles. The lowest BCUT2D eigenvalue weighted by Crippen LogP contribution is -2.25. The van der Waals surface area contributed by atoms with E-state index in [2.05, 4.69) is 10.1 Å². The number of amides is 1. The highest BCUT2D eigenvalue weighted by Crippen LogP contribution is 2.05. The van der Waals surface area contributed by atoms with E-state index in [1.165, 1.54) is 11.8 Å². The van der Waals surface area contributed by atoms with E-state index >= 15 is 0 Å². The van der Waals surface area contributed by atoms with Crippen molar-refractivity contribution < 1.29 is 14.3 Å². The van der Waals surface area contributed by atoms with E-state index in [1.807, 2.05) is 6.92 Å². The fourth-order valence-electron chi connectivity index (χ4n) is 0.838. The molecule has 82 valence electrons. The highest BCUT2D eigenvalue weighted by atomic mass is 32.2. The third-order valence-electron chi connectivity index (χ3n) is 1.41. The molecule has 0 atom stereocenters. The van der Waals surface area contributed by atoms with Gasteiger partial charge in [-0.2, -0.15) is 0 Å². The Balaban J connectivity index is 3.28. The van der Waals surface area contributed by atoms with Gasteiger partial charge in [0.05, 0.1) is 6.61 Å². The molecule has 0 fully saturated rings. The molecule has 0 bridgehead atoms. The van der Waals surface area contributed by atoms with Crippen LogP contribution in [0.2, 0.25) is 0 Å². The van der Waals surface area contributed by atoms with Gasteiger partial charge in [0.2, 0.25) is 0 Å². The lowest BCUT2D eigenvalue weighted by molar-refractivity contribution is -0.111. The molecule has 1 amide bonds. The summed E-state index contributed by atoms with van der Waals surface area (Å²) in [5.41, 5.74) is 0. The Morgan fingerprint density at radius 2 is 2.07 bits per heavy atom. The maximum absolute atomic E-state index is 11.0. The SMILES string of the molecule is CCOC(=O)NCCCC(=O)SCC. The summed E-state index contributed by atoms with van der Waals surface area (Å²) in [7, 11) is 0. The van der Waals surface area contributed by atoms with Crippen molar-refractivity contribution in [3.63, 3.8) is 0 Å². The Hall–Kier alpha value is -0.710. The Kier molecular flexibility index (Phi) is 8.42. The van der Waals surface area contributed by atoms with Crippen molar-refractivity contribution in [2.24, 2.45) is 0 Å². The Labute approximate surface area is 88.8 Å². The van der Waals surface area contributed by atoms with Crippen molar-refractivity contribution in [2.45, 2.75) is 26.7 Å². The monoisotopic (exact) mass is 219 g/mol. The van der Waals surface area contributed by atoms with E-state index in [4.69, 9.17) is 0 Å². The fraction of sp³-hybridized carbons (Fsp3) is 0.778. The van der Waals surface area contributed by atoms with Crippen LogP contribution in [0.25, 0.3) is 0 Å². The highest BCUT2D eigenvalue weighted by molar-refractivity contribution is 8.13. The molecule has 14 heavy (non-hydrogen) atoms. The van der Waals surface area contributed by atoms with Gasteiger partial charge in [-0.1, -0.05) is 18.7 Å². The first-order valence-corrected chi connectivity index (χ1v) is 5.75. The quantitative estimate of drug-likeness (QED) is 0.692. The zero-order chi connectivity index (χ0) is 10.8. The summed E-state index contributed by atoms with van der Waals surface area (Å²) in [6.45, 7) is 4.56. The van der Waals surface area contributed by atoms with Crippen molar-refractivity contribution in [1.29, 1.82) is 0 Å². The topological polar surface area (TPSA) is 55.4 Å². The summed E-state index contributed by atoms with van der Waals surface area (Å²) < 4.78 is 4.66. The van der Waals surface area contributed by atoms with E-state index < -0.39 is 6.09 Å². The second-order valence-electron chi connectivity index (χ2n) is 2.56. The smallest absolute Gasteiger partial charge is 0.407 e. The summed E-state index contributed by atoms with van der Waals surface area (Å²) >= 11 is 1.32. The van der Waals surface area contributed by atoms with Crippen molar-refractivity contribution in [3.05, 3.63) is 0 Å². The molecule has 0 aliphatic heterocycles. The van der Waals surface area contributed by atoms with Gasteiger partial charge in [-0.25, -0.2) is 4.79 Å². The minimum Gasteiger partial charge on any atom is -0.450 e.